The van der Waals surface area contributed by atoms with Crippen LogP contribution in [-0.2, 0) is 15.4 Å². The van der Waals surface area contributed by atoms with Crippen molar-refractivity contribution in [3.05, 3.63) is 109 Å². The van der Waals surface area contributed by atoms with E-state index in [9.17, 15) is 23.1 Å². The number of nitrogens with zero attached hydrogens (tertiary/aromatic N) is 2. The molecule has 0 atom stereocenters. The largest absolute Gasteiger partial charge is 0.493 e. The molecule has 4 bridgehead atoms. The Hall–Kier alpha value is -3.96. The lowest BCUT2D eigenvalue weighted by Gasteiger charge is -2.57. The normalized spacial score (nSPS) is 24.2. The van der Waals surface area contributed by atoms with Gasteiger partial charge in [-0.15, -0.1) is 0 Å². The van der Waals surface area contributed by atoms with E-state index in [0.29, 0.717) is 21.5 Å². The highest BCUT2D eigenvalue weighted by Gasteiger charge is 2.51. The molecule has 0 unspecified atom stereocenters. The molecule has 0 radical (unpaired) electrons. The molecule has 0 spiro atoms. The molecule has 0 saturated heterocycles. The summed E-state index contributed by atoms with van der Waals surface area (Å²) in [7, 11) is -3.81. The summed E-state index contributed by atoms with van der Waals surface area (Å²) in [5.74, 6) is 1.83. The predicted molar refractivity (Wildman–Crippen MR) is 173 cm³/mol. The number of benzene rings is 3. The van der Waals surface area contributed by atoms with Gasteiger partial charge in [0, 0.05) is 16.4 Å². The van der Waals surface area contributed by atoms with Crippen molar-refractivity contribution in [2.24, 2.45) is 22.7 Å². The number of hydrogen-bond donors (Lipinski definition) is 3. The molecule has 3 N–H and O–H groups in total. The van der Waals surface area contributed by atoms with E-state index in [2.05, 4.69) is 42.8 Å². The maximum Gasteiger partial charge on any atom is 0.335 e. The van der Waals surface area contributed by atoms with E-state index >= 15 is 0 Å². The van der Waals surface area contributed by atoms with Gasteiger partial charge in [-0.1, -0.05) is 24.3 Å². The molecule has 44 heavy (non-hydrogen) atoms. The second-order valence-electron chi connectivity index (χ2n) is 12.4. The van der Waals surface area contributed by atoms with Crippen LogP contribution in [0.25, 0.3) is 5.69 Å². The van der Waals surface area contributed by atoms with Gasteiger partial charge in [-0.05, 0) is 132 Å². The number of anilines is 1. The summed E-state index contributed by atoms with van der Waals surface area (Å²) in [4.78, 5) is 32.2. The number of rotatable bonds is 7. The number of aromatic hydroxyl groups is 1. The Morgan fingerprint density at radius 3 is 2.18 bits per heavy atom. The number of halogens is 1. The second-order valence-corrected chi connectivity index (χ2v) is 15.0. The molecule has 8 rings (SSSR count). The quantitative estimate of drug-likeness (QED) is 0.206. The lowest BCUT2D eigenvalue weighted by atomic mass is 9.48. The van der Waals surface area contributed by atoms with Crippen molar-refractivity contribution in [1.82, 2.24) is 9.55 Å². The zero-order valence-corrected chi connectivity index (χ0v) is 26.1. The standard InChI is InChI=1S/C33H31BrN4O5S/c34-28-15-23(33-16-20-12-21(17-33)14-22(13-20)18-33)6-11-29(28)38-31(40)27(30(39)36-32(38)41)19-35-24-7-9-26(10-8-24)44(42,43)37-25-4-2-1-3-5-25/h1-11,15,19-22,37,40H,12-14,16-18H2,(H,36,39,41). The zero-order valence-electron chi connectivity index (χ0n) is 23.7. The average Bonchev–Trinajstić information content (AvgIpc) is 2.97. The molecule has 0 aliphatic heterocycles. The zero-order chi connectivity index (χ0) is 30.6. The van der Waals surface area contributed by atoms with Crippen LogP contribution in [0.4, 0.5) is 11.4 Å². The van der Waals surface area contributed by atoms with Crippen LogP contribution in [0.1, 0.15) is 49.7 Å². The van der Waals surface area contributed by atoms with Crippen molar-refractivity contribution in [3.63, 3.8) is 0 Å². The van der Waals surface area contributed by atoms with Gasteiger partial charge in [-0.3, -0.25) is 19.5 Å². The second kappa shape index (κ2) is 10.9. The van der Waals surface area contributed by atoms with Gasteiger partial charge >= 0.3 is 5.69 Å². The Labute approximate surface area is 262 Å². The van der Waals surface area contributed by atoms with Gasteiger partial charge < -0.3 is 5.11 Å². The van der Waals surface area contributed by atoms with Gasteiger partial charge in [0.1, 0.15) is 5.56 Å². The molecule has 4 saturated carbocycles. The van der Waals surface area contributed by atoms with Crippen LogP contribution in [-0.4, -0.2) is 29.3 Å². The fourth-order valence-corrected chi connectivity index (χ4v) is 9.55. The van der Waals surface area contributed by atoms with Crippen molar-refractivity contribution in [3.8, 4) is 11.6 Å². The fraction of sp³-hybridized carbons (Fsp3) is 0.303. The highest BCUT2D eigenvalue weighted by atomic mass is 79.9. The summed E-state index contributed by atoms with van der Waals surface area (Å²) in [6, 6.07) is 20.2. The molecule has 1 heterocycles. The molecule has 11 heteroatoms. The summed E-state index contributed by atoms with van der Waals surface area (Å²) in [5, 5.41) is 11.1. The molecule has 1 aromatic heterocycles. The van der Waals surface area contributed by atoms with Crippen LogP contribution in [0.3, 0.4) is 0 Å². The number of aliphatic imine (C=N–C) groups is 1. The highest BCUT2D eigenvalue weighted by molar-refractivity contribution is 9.10. The van der Waals surface area contributed by atoms with Crippen LogP contribution < -0.4 is 16.0 Å². The number of hydrogen-bond acceptors (Lipinski definition) is 6. The SMILES string of the molecule is O=c1[nH]c(=O)n(-c2ccc(C34CC5CC(CC(C5)C3)C4)cc2Br)c(O)c1C=Nc1ccc(S(=O)(=O)Nc2ccccc2)cc1. The van der Waals surface area contributed by atoms with Gasteiger partial charge in [0.25, 0.3) is 15.6 Å². The molecular weight excluding hydrogens is 644 g/mol. The van der Waals surface area contributed by atoms with Gasteiger partial charge in [-0.25, -0.2) is 17.8 Å². The van der Waals surface area contributed by atoms with E-state index in [4.69, 9.17) is 0 Å². The van der Waals surface area contributed by atoms with Crippen LogP contribution >= 0.6 is 15.9 Å². The topological polar surface area (TPSA) is 134 Å². The summed E-state index contributed by atoms with van der Waals surface area (Å²) in [6.45, 7) is 0. The van der Waals surface area contributed by atoms with Gasteiger partial charge in [-0.2, -0.15) is 0 Å². The number of para-hydroxylation sites is 1. The number of aromatic nitrogens is 2. The van der Waals surface area contributed by atoms with E-state index in [0.717, 1.165) is 28.5 Å². The third-order valence-corrected chi connectivity index (χ3v) is 11.5. The molecule has 0 amide bonds. The summed E-state index contributed by atoms with van der Waals surface area (Å²) >= 11 is 3.64. The van der Waals surface area contributed by atoms with E-state index in [1.165, 1.54) is 68.4 Å². The van der Waals surface area contributed by atoms with Crippen LogP contribution in [0.2, 0.25) is 0 Å². The monoisotopic (exact) mass is 674 g/mol. The van der Waals surface area contributed by atoms with Gasteiger partial charge in [0.15, 0.2) is 0 Å². The summed E-state index contributed by atoms with van der Waals surface area (Å²) in [6.07, 6.45) is 8.80. The molecule has 3 aromatic carbocycles. The van der Waals surface area contributed by atoms with E-state index < -0.39 is 27.2 Å². The molecule has 4 fully saturated rings. The highest BCUT2D eigenvalue weighted by Crippen LogP contribution is 2.61. The van der Waals surface area contributed by atoms with Crippen molar-refractivity contribution < 1.29 is 13.5 Å². The molecule has 9 nitrogen and oxygen atoms in total. The van der Waals surface area contributed by atoms with E-state index in [1.807, 2.05) is 6.07 Å². The van der Waals surface area contributed by atoms with Gasteiger partial charge in [0.05, 0.1) is 16.3 Å². The van der Waals surface area contributed by atoms with Crippen molar-refractivity contribution in [2.45, 2.75) is 48.8 Å². The Bertz CT molecular complexity index is 1970. The lowest BCUT2D eigenvalue weighted by Crippen LogP contribution is -2.48. The van der Waals surface area contributed by atoms with Gasteiger partial charge in [0.2, 0.25) is 5.88 Å². The minimum atomic E-state index is -3.81. The first-order valence-corrected chi connectivity index (χ1v) is 17.0. The number of aromatic amines is 1. The van der Waals surface area contributed by atoms with Crippen LogP contribution in [0.5, 0.6) is 5.88 Å². The maximum absolute atomic E-state index is 12.9. The third kappa shape index (κ3) is 5.21. The summed E-state index contributed by atoms with van der Waals surface area (Å²) < 4.78 is 29.7. The fourth-order valence-electron chi connectivity index (χ4n) is 7.93. The van der Waals surface area contributed by atoms with Crippen molar-refractivity contribution in [1.29, 1.82) is 0 Å². The van der Waals surface area contributed by atoms with Crippen LogP contribution in [0, 0.1) is 17.8 Å². The van der Waals surface area contributed by atoms with Crippen LogP contribution in [0.15, 0.2) is 96.7 Å². The number of nitrogens with one attached hydrogen (secondary N) is 2. The molecule has 4 aliphatic carbocycles. The first kappa shape index (κ1) is 28.8. The first-order chi connectivity index (χ1) is 21.1. The Kier molecular flexibility index (Phi) is 7.12. The van der Waals surface area contributed by atoms with Crippen molar-refractivity contribution in [2.75, 3.05) is 4.72 Å². The minimum absolute atomic E-state index is 0.0383. The van der Waals surface area contributed by atoms with Crippen molar-refractivity contribution >= 4 is 43.5 Å². The third-order valence-electron chi connectivity index (χ3n) is 9.48. The van der Waals surface area contributed by atoms with E-state index in [1.54, 1.807) is 30.3 Å². The average molecular weight is 676 g/mol. The maximum atomic E-state index is 12.9. The smallest absolute Gasteiger partial charge is 0.335 e. The van der Waals surface area contributed by atoms with E-state index in [-0.39, 0.29) is 15.9 Å². The molecule has 4 aliphatic rings. The summed E-state index contributed by atoms with van der Waals surface area (Å²) in [5.41, 5.74) is 0.855. The number of sulfonamides is 1. The first-order valence-electron chi connectivity index (χ1n) is 14.7. The Morgan fingerprint density at radius 1 is 0.932 bits per heavy atom. The Morgan fingerprint density at radius 2 is 1.57 bits per heavy atom. The minimum Gasteiger partial charge on any atom is -0.493 e. The lowest BCUT2D eigenvalue weighted by molar-refractivity contribution is -0.00521. The number of H-pyrrole nitrogens is 1. The predicted octanol–water partition coefficient (Wildman–Crippen LogP) is 6.01. The molecule has 4 aromatic rings. The molecular formula is C33H31BrN4O5S. The molecule has 226 valence electrons. The Balaban J connectivity index is 1.16.